The number of benzene rings is 2. The lowest BCUT2D eigenvalue weighted by Crippen LogP contribution is -2.32. The number of hydrogen-bond donors (Lipinski definition) is 0. The summed E-state index contributed by atoms with van der Waals surface area (Å²) in [4.78, 5) is 23.8. The molecule has 0 radical (unpaired) electrons. The Morgan fingerprint density at radius 2 is 1.59 bits per heavy atom. The van der Waals surface area contributed by atoms with Gasteiger partial charge in [0.2, 0.25) is 5.95 Å². The van der Waals surface area contributed by atoms with Gasteiger partial charge in [0.05, 0.1) is 5.69 Å². The fraction of sp³-hybridized carbons (Fsp3) is 0.136. The number of nitrogens with zero attached hydrogens (tertiary/aromatic N) is 4. The first-order chi connectivity index (χ1) is 13.1. The second-order valence-electron chi connectivity index (χ2n) is 6.15. The van der Waals surface area contributed by atoms with Gasteiger partial charge in [0.1, 0.15) is 0 Å². The molecule has 136 valence electrons. The Hall–Kier alpha value is -3.47. The zero-order valence-corrected chi connectivity index (χ0v) is 15.4. The third kappa shape index (κ3) is 4.03. The number of aryl methyl sites for hydroxylation is 1. The van der Waals surface area contributed by atoms with Gasteiger partial charge in [0.25, 0.3) is 0 Å². The lowest BCUT2D eigenvalue weighted by atomic mass is 10.1. The normalized spacial score (nSPS) is 10.4. The molecule has 0 N–H and O–H groups in total. The summed E-state index contributed by atoms with van der Waals surface area (Å²) in [6, 6.07) is 17.3. The highest BCUT2D eigenvalue weighted by Crippen LogP contribution is 2.21. The molecule has 0 atom stereocenters. The highest BCUT2D eigenvalue weighted by Gasteiger charge is 2.16. The highest BCUT2D eigenvalue weighted by atomic mass is 16.1. The summed E-state index contributed by atoms with van der Waals surface area (Å²) >= 11 is 0. The molecule has 1 aromatic heterocycles. The first-order valence-corrected chi connectivity index (χ1v) is 8.74. The van der Waals surface area contributed by atoms with E-state index < -0.39 is 0 Å². The molecule has 0 unspecified atom stereocenters. The van der Waals surface area contributed by atoms with Gasteiger partial charge in [-0.3, -0.25) is 0 Å². The van der Waals surface area contributed by atoms with Crippen molar-refractivity contribution in [3.8, 4) is 17.1 Å². The first-order valence-electron chi connectivity index (χ1n) is 8.74. The van der Waals surface area contributed by atoms with E-state index in [1.807, 2.05) is 66.4 Å². The summed E-state index contributed by atoms with van der Waals surface area (Å²) in [5.74, 6) is 0.914. The summed E-state index contributed by atoms with van der Waals surface area (Å²) in [5, 5.41) is 0. The Balaban J connectivity index is 2.24. The van der Waals surface area contributed by atoms with Crippen LogP contribution in [-0.2, 0) is 0 Å². The summed E-state index contributed by atoms with van der Waals surface area (Å²) < 4.78 is 1.54. The van der Waals surface area contributed by atoms with E-state index in [0.29, 0.717) is 24.9 Å². The van der Waals surface area contributed by atoms with E-state index in [4.69, 9.17) is 4.98 Å². The Kier molecular flexibility index (Phi) is 5.61. The van der Waals surface area contributed by atoms with Gasteiger partial charge < -0.3 is 4.90 Å². The minimum absolute atomic E-state index is 0.363. The largest absolute Gasteiger partial charge is 0.357 e. The smallest absolute Gasteiger partial charge is 0.333 e. The summed E-state index contributed by atoms with van der Waals surface area (Å²) in [6.45, 7) is 10.6. The molecule has 1 heterocycles. The van der Waals surface area contributed by atoms with E-state index in [0.717, 1.165) is 16.8 Å². The number of anilines is 1. The molecule has 0 bridgehead atoms. The van der Waals surface area contributed by atoms with Crippen molar-refractivity contribution >= 4 is 5.95 Å². The molecule has 0 aliphatic carbocycles. The summed E-state index contributed by atoms with van der Waals surface area (Å²) in [7, 11) is 0. The van der Waals surface area contributed by atoms with Crippen molar-refractivity contribution in [2.45, 2.75) is 6.92 Å². The number of hydrogen-bond acceptors (Lipinski definition) is 4. The fourth-order valence-corrected chi connectivity index (χ4v) is 2.79. The van der Waals surface area contributed by atoms with Gasteiger partial charge in [-0.1, -0.05) is 60.2 Å². The van der Waals surface area contributed by atoms with Gasteiger partial charge in [-0.05, 0) is 19.1 Å². The van der Waals surface area contributed by atoms with Crippen LogP contribution >= 0.6 is 0 Å². The quantitative estimate of drug-likeness (QED) is 0.603. The van der Waals surface area contributed by atoms with E-state index in [1.54, 1.807) is 12.2 Å². The molecule has 0 spiro atoms. The highest BCUT2D eigenvalue weighted by molar-refractivity contribution is 5.60. The van der Waals surface area contributed by atoms with E-state index in [-0.39, 0.29) is 5.69 Å². The molecule has 0 aliphatic heterocycles. The molecule has 3 aromatic rings. The Labute approximate surface area is 159 Å². The van der Waals surface area contributed by atoms with Crippen molar-refractivity contribution < 1.29 is 0 Å². The van der Waals surface area contributed by atoms with E-state index in [9.17, 15) is 4.79 Å². The Morgan fingerprint density at radius 3 is 2.19 bits per heavy atom. The molecule has 0 amide bonds. The van der Waals surface area contributed by atoms with Crippen LogP contribution in [0.3, 0.4) is 0 Å². The predicted molar refractivity (Wildman–Crippen MR) is 110 cm³/mol. The van der Waals surface area contributed by atoms with Crippen molar-refractivity contribution in [2.75, 3.05) is 18.0 Å². The number of aromatic nitrogens is 3. The molecule has 0 fully saturated rings. The minimum atomic E-state index is -0.375. The van der Waals surface area contributed by atoms with Crippen LogP contribution in [0.1, 0.15) is 5.56 Å². The topological polar surface area (TPSA) is 51.0 Å². The molecule has 2 aromatic carbocycles. The molecule has 5 nitrogen and oxygen atoms in total. The summed E-state index contributed by atoms with van der Waals surface area (Å²) in [6.07, 6.45) is 3.50. The number of rotatable bonds is 7. The van der Waals surface area contributed by atoms with Crippen LogP contribution in [0.25, 0.3) is 17.1 Å². The molecule has 5 heteroatoms. The van der Waals surface area contributed by atoms with Crippen LogP contribution in [0, 0.1) is 6.92 Å². The maximum Gasteiger partial charge on any atom is 0.357 e. The SMILES string of the molecule is C=CCN(CC=C)c1nc(-c2ccc(C)cc2)n(-c2ccccc2)c(=O)n1. The monoisotopic (exact) mass is 358 g/mol. The molecule has 3 rings (SSSR count). The van der Waals surface area contributed by atoms with Crippen LogP contribution in [-0.4, -0.2) is 27.6 Å². The van der Waals surface area contributed by atoms with E-state index in [2.05, 4.69) is 18.1 Å². The van der Waals surface area contributed by atoms with Gasteiger partial charge >= 0.3 is 5.69 Å². The lowest BCUT2D eigenvalue weighted by molar-refractivity contribution is 0.815. The Bertz CT molecular complexity index is 981. The maximum absolute atomic E-state index is 12.9. The number of para-hydroxylation sites is 1. The van der Waals surface area contributed by atoms with Crippen LogP contribution in [0.4, 0.5) is 5.95 Å². The Morgan fingerprint density at radius 1 is 0.963 bits per heavy atom. The molecular weight excluding hydrogens is 336 g/mol. The third-order valence-electron chi connectivity index (χ3n) is 4.11. The van der Waals surface area contributed by atoms with Crippen molar-refractivity contribution in [3.05, 3.63) is 96.0 Å². The van der Waals surface area contributed by atoms with Gasteiger partial charge in [-0.25, -0.2) is 9.36 Å². The van der Waals surface area contributed by atoms with Crippen molar-refractivity contribution in [1.29, 1.82) is 0 Å². The van der Waals surface area contributed by atoms with Crippen molar-refractivity contribution in [3.63, 3.8) is 0 Å². The van der Waals surface area contributed by atoms with Gasteiger partial charge in [0, 0.05) is 18.7 Å². The third-order valence-corrected chi connectivity index (χ3v) is 4.11. The van der Waals surface area contributed by atoms with E-state index in [1.165, 1.54) is 4.57 Å². The average Bonchev–Trinajstić information content (AvgIpc) is 2.68. The molecular formula is C22H22N4O. The van der Waals surface area contributed by atoms with Gasteiger partial charge in [0.15, 0.2) is 5.82 Å². The zero-order valence-electron chi connectivity index (χ0n) is 15.4. The maximum atomic E-state index is 12.9. The fourth-order valence-electron chi connectivity index (χ4n) is 2.79. The van der Waals surface area contributed by atoms with Crippen molar-refractivity contribution in [1.82, 2.24) is 14.5 Å². The van der Waals surface area contributed by atoms with Gasteiger partial charge in [-0.2, -0.15) is 9.97 Å². The van der Waals surface area contributed by atoms with Crippen molar-refractivity contribution in [2.24, 2.45) is 0 Å². The van der Waals surface area contributed by atoms with Crippen LogP contribution in [0.15, 0.2) is 84.7 Å². The standard InChI is InChI=1S/C22H22N4O/c1-4-15-25(16-5-2)21-23-20(18-13-11-17(3)12-14-18)26(22(27)24-21)19-9-7-6-8-10-19/h4-14H,1-2,15-16H2,3H3. The molecule has 0 aliphatic rings. The second kappa shape index (κ2) is 8.27. The molecule has 0 saturated heterocycles. The average molecular weight is 358 g/mol. The minimum Gasteiger partial charge on any atom is -0.333 e. The molecule has 27 heavy (non-hydrogen) atoms. The summed E-state index contributed by atoms with van der Waals surface area (Å²) in [5.41, 5.74) is 2.34. The first kappa shape index (κ1) is 18.3. The molecule has 0 saturated carbocycles. The predicted octanol–water partition coefficient (Wildman–Crippen LogP) is 3.78. The van der Waals surface area contributed by atoms with Crippen LogP contribution in [0.2, 0.25) is 0 Å². The van der Waals surface area contributed by atoms with Crippen LogP contribution < -0.4 is 10.6 Å². The second-order valence-corrected chi connectivity index (χ2v) is 6.15. The van der Waals surface area contributed by atoms with Gasteiger partial charge in [-0.15, -0.1) is 13.2 Å². The lowest BCUT2D eigenvalue weighted by Gasteiger charge is -2.21. The zero-order chi connectivity index (χ0) is 19.2. The van der Waals surface area contributed by atoms with Crippen LogP contribution in [0.5, 0.6) is 0 Å². The van der Waals surface area contributed by atoms with E-state index >= 15 is 0 Å².